The third kappa shape index (κ3) is 5.23. The molecule has 2 aromatic rings. The number of sulfone groups is 1. The van der Waals surface area contributed by atoms with E-state index in [-0.39, 0.29) is 16.6 Å². The molecule has 0 radical (unpaired) electrons. The van der Waals surface area contributed by atoms with Crippen LogP contribution in [-0.4, -0.2) is 46.8 Å². The van der Waals surface area contributed by atoms with E-state index in [0.717, 1.165) is 12.0 Å². The maximum Gasteiger partial charge on any atom is 0.191 e. The van der Waals surface area contributed by atoms with Gasteiger partial charge in [0.2, 0.25) is 0 Å². The Morgan fingerprint density at radius 1 is 1.17 bits per heavy atom. The summed E-state index contributed by atoms with van der Waals surface area (Å²) in [5, 5.41) is 6.44. The summed E-state index contributed by atoms with van der Waals surface area (Å²) in [5.74, 6) is -0.561. The summed E-state index contributed by atoms with van der Waals surface area (Å²) in [6, 6.07) is 10.5. The molecule has 1 aliphatic heterocycles. The van der Waals surface area contributed by atoms with E-state index < -0.39 is 21.5 Å². The van der Waals surface area contributed by atoms with Crippen LogP contribution in [0.2, 0.25) is 0 Å². The van der Waals surface area contributed by atoms with Gasteiger partial charge in [0, 0.05) is 39.0 Å². The number of anilines is 1. The monoisotopic (exact) mass is 422 g/mol. The molecule has 1 heterocycles. The standard InChI is InChI=1S/C20H24F2N4O2S/c1-23-20(24-12-14-6-8-16(9-7-14)29(2,27)28)25-15-10-11-26(13-15)19-17(21)4-3-5-18(19)22/h3-9,15H,10-13H2,1-2H3,(H2,23,24,25). The van der Waals surface area contributed by atoms with Gasteiger partial charge in [0.15, 0.2) is 15.8 Å². The van der Waals surface area contributed by atoms with E-state index in [0.29, 0.717) is 25.6 Å². The van der Waals surface area contributed by atoms with E-state index in [1.807, 2.05) is 0 Å². The molecule has 1 saturated heterocycles. The molecular formula is C20H24F2N4O2S. The molecule has 1 aliphatic rings. The molecule has 1 fully saturated rings. The van der Waals surface area contributed by atoms with E-state index in [9.17, 15) is 17.2 Å². The van der Waals surface area contributed by atoms with Crippen LogP contribution < -0.4 is 15.5 Å². The van der Waals surface area contributed by atoms with Crippen molar-refractivity contribution in [2.75, 3.05) is 31.3 Å². The number of hydrogen-bond acceptors (Lipinski definition) is 4. The molecule has 2 aromatic carbocycles. The minimum absolute atomic E-state index is 0.00529. The highest BCUT2D eigenvalue weighted by atomic mass is 32.2. The van der Waals surface area contributed by atoms with Gasteiger partial charge in [0.25, 0.3) is 0 Å². The summed E-state index contributed by atoms with van der Waals surface area (Å²) in [6.07, 6.45) is 1.89. The number of para-hydroxylation sites is 1. The van der Waals surface area contributed by atoms with Crippen molar-refractivity contribution in [2.24, 2.45) is 4.99 Å². The number of nitrogens with one attached hydrogen (secondary N) is 2. The summed E-state index contributed by atoms with van der Waals surface area (Å²) in [4.78, 5) is 6.16. The molecule has 0 saturated carbocycles. The van der Waals surface area contributed by atoms with Gasteiger partial charge in [0.1, 0.15) is 17.3 Å². The summed E-state index contributed by atoms with van der Waals surface area (Å²) in [5.41, 5.74) is 0.910. The number of rotatable bonds is 5. The Balaban J connectivity index is 1.56. The predicted octanol–water partition coefficient (Wildman–Crippen LogP) is 2.31. The smallest absolute Gasteiger partial charge is 0.191 e. The van der Waals surface area contributed by atoms with Crippen LogP contribution in [0.4, 0.5) is 14.5 Å². The van der Waals surface area contributed by atoms with Crippen LogP contribution in [0, 0.1) is 11.6 Å². The Kier molecular flexibility index (Phi) is 6.36. The fourth-order valence-electron chi connectivity index (χ4n) is 3.30. The van der Waals surface area contributed by atoms with Crippen molar-refractivity contribution in [3.05, 3.63) is 59.7 Å². The second kappa shape index (κ2) is 8.77. The van der Waals surface area contributed by atoms with Crippen molar-refractivity contribution >= 4 is 21.5 Å². The minimum atomic E-state index is -3.22. The van der Waals surface area contributed by atoms with Crippen LogP contribution >= 0.6 is 0 Å². The van der Waals surface area contributed by atoms with E-state index >= 15 is 0 Å². The van der Waals surface area contributed by atoms with Gasteiger partial charge >= 0.3 is 0 Å². The van der Waals surface area contributed by atoms with E-state index in [1.165, 1.54) is 24.5 Å². The van der Waals surface area contributed by atoms with Gasteiger partial charge in [-0.05, 0) is 36.2 Å². The van der Waals surface area contributed by atoms with Crippen LogP contribution in [0.5, 0.6) is 0 Å². The molecule has 156 valence electrons. The summed E-state index contributed by atoms with van der Waals surface area (Å²) in [7, 11) is -1.58. The summed E-state index contributed by atoms with van der Waals surface area (Å²) >= 11 is 0. The number of guanidine groups is 1. The molecular weight excluding hydrogens is 398 g/mol. The van der Waals surface area contributed by atoms with Gasteiger partial charge < -0.3 is 15.5 Å². The van der Waals surface area contributed by atoms with E-state index in [1.54, 1.807) is 36.2 Å². The van der Waals surface area contributed by atoms with Gasteiger partial charge in [-0.25, -0.2) is 17.2 Å². The highest BCUT2D eigenvalue weighted by molar-refractivity contribution is 7.90. The average Bonchev–Trinajstić information content (AvgIpc) is 3.12. The van der Waals surface area contributed by atoms with Gasteiger partial charge in [-0.1, -0.05) is 18.2 Å². The molecule has 29 heavy (non-hydrogen) atoms. The van der Waals surface area contributed by atoms with Crippen LogP contribution in [-0.2, 0) is 16.4 Å². The molecule has 6 nitrogen and oxygen atoms in total. The predicted molar refractivity (Wildman–Crippen MR) is 110 cm³/mol. The number of nitrogens with zero attached hydrogens (tertiary/aromatic N) is 2. The lowest BCUT2D eigenvalue weighted by Gasteiger charge is -2.21. The van der Waals surface area contributed by atoms with Crippen molar-refractivity contribution in [1.29, 1.82) is 0 Å². The third-order valence-corrected chi connectivity index (χ3v) is 5.95. The Morgan fingerprint density at radius 2 is 1.83 bits per heavy atom. The first-order chi connectivity index (χ1) is 13.8. The zero-order chi connectivity index (χ0) is 21.0. The minimum Gasteiger partial charge on any atom is -0.365 e. The second-order valence-corrected chi connectivity index (χ2v) is 9.00. The zero-order valence-electron chi connectivity index (χ0n) is 16.3. The van der Waals surface area contributed by atoms with E-state index in [2.05, 4.69) is 15.6 Å². The lowest BCUT2D eigenvalue weighted by molar-refractivity contribution is 0.575. The van der Waals surface area contributed by atoms with Crippen molar-refractivity contribution in [3.63, 3.8) is 0 Å². The normalized spacial score (nSPS) is 17.4. The maximum absolute atomic E-state index is 14.0. The molecule has 0 amide bonds. The van der Waals surface area contributed by atoms with Crippen LogP contribution in [0.15, 0.2) is 52.4 Å². The summed E-state index contributed by atoms with van der Waals surface area (Å²) < 4.78 is 51.0. The van der Waals surface area contributed by atoms with Crippen LogP contribution in [0.25, 0.3) is 0 Å². The zero-order valence-corrected chi connectivity index (χ0v) is 17.1. The first-order valence-corrected chi connectivity index (χ1v) is 11.1. The van der Waals surface area contributed by atoms with Crippen molar-refractivity contribution in [2.45, 2.75) is 23.9 Å². The second-order valence-electron chi connectivity index (χ2n) is 6.99. The summed E-state index contributed by atoms with van der Waals surface area (Å²) in [6.45, 7) is 1.46. The van der Waals surface area contributed by atoms with Gasteiger partial charge in [0.05, 0.1) is 4.90 Å². The number of benzene rings is 2. The lowest BCUT2D eigenvalue weighted by atomic mass is 10.2. The van der Waals surface area contributed by atoms with Gasteiger partial charge in [-0.2, -0.15) is 0 Å². The molecule has 1 unspecified atom stereocenters. The fourth-order valence-corrected chi connectivity index (χ4v) is 3.93. The van der Waals surface area contributed by atoms with Crippen molar-refractivity contribution in [1.82, 2.24) is 10.6 Å². The number of hydrogen-bond donors (Lipinski definition) is 2. The Labute approximate surface area is 169 Å². The highest BCUT2D eigenvalue weighted by Crippen LogP contribution is 2.26. The first-order valence-electron chi connectivity index (χ1n) is 9.23. The first kappa shape index (κ1) is 21.0. The number of halogens is 2. The molecule has 0 aliphatic carbocycles. The molecule has 1 atom stereocenters. The maximum atomic E-state index is 14.0. The number of aliphatic imine (C=N–C) groups is 1. The Hall–Kier alpha value is -2.68. The molecule has 3 rings (SSSR count). The molecule has 2 N–H and O–H groups in total. The van der Waals surface area contributed by atoms with Crippen molar-refractivity contribution in [3.8, 4) is 0 Å². The average molecular weight is 423 g/mol. The van der Waals surface area contributed by atoms with Gasteiger partial charge in [-0.15, -0.1) is 0 Å². The molecule has 0 bridgehead atoms. The van der Waals surface area contributed by atoms with Crippen LogP contribution in [0.3, 0.4) is 0 Å². The van der Waals surface area contributed by atoms with Crippen molar-refractivity contribution < 1.29 is 17.2 Å². The molecule has 0 spiro atoms. The molecule has 9 heteroatoms. The molecule has 0 aromatic heterocycles. The Bertz CT molecular complexity index is 974. The highest BCUT2D eigenvalue weighted by Gasteiger charge is 2.27. The lowest BCUT2D eigenvalue weighted by Crippen LogP contribution is -2.44. The fraction of sp³-hybridized carbons (Fsp3) is 0.350. The van der Waals surface area contributed by atoms with Gasteiger partial charge in [-0.3, -0.25) is 4.99 Å². The van der Waals surface area contributed by atoms with E-state index in [4.69, 9.17) is 0 Å². The quantitative estimate of drug-likeness (QED) is 0.572. The van der Waals surface area contributed by atoms with Crippen LogP contribution in [0.1, 0.15) is 12.0 Å². The third-order valence-electron chi connectivity index (χ3n) is 4.82. The SMILES string of the molecule is CN=C(NCc1ccc(S(C)(=O)=O)cc1)NC1CCN(c2c(F)cccc2F)C1. The largest absolute Gasteiger partial charge is 0.365 e. The Morgan fingerprint density at radius 3 is 2.41 bits per heavy atom. The topological polar surface area (TPSA) is 73.8 Å².